The highest BCUT2D eigenvalue weighted by Gasteiger charge is 2.27. The van der Waals surface area contributed by atoms with Gasteiger partial charge in [0.05, 0.1) is 12.2 Å². The second kappa shape index (κ2) is 8.63. The summed E-state index contributed by atoms with van der Waals surface area (Å²) in [6.45, 7) is 4.44. The minimum absolute atomic E-state index is 0.127. The predicted molar refractivity (Wildman–Crippen MR) is 98.9 cm³/mol. The average molecular weight is 346 g/mol. The Hall–Kier alpha value is -1.66. The summed E-state index contributed by atoms with van der Waals surface area (Å²) in [6, 6.07) is 4.28. The van der Waals surface area contributed by atoms with Gasteiger partial charge < -0.3 is 19.8 Å². The predicted octanol–water partition coefficient (Wildman–Crippen LogP) is 1.60. The van der Waals surface area contributed by atoms with Crippen LogP contribution >= 0.6 is 0 Å². The minimum atomic E-state index is 0.127. The number of aliphatic hydroxyl groups excluding tert-OH is 1. The molecule has 0 aromatic carbocycles. The van der Waals surface area contributed by atoms with Gasteiger partial charge in [-0.2, -0.15) is 0 Å². The fourth-order valence-corrected chi connectivity index (χ4v) is 3.94. The average Bonchev–Trinajstić information content (AvgIpc) is 2.68. The molecule has 0 saturated carbocycles. The highest BCUT2D eigenvalue weighted by Crippen LogP contribution is 2.25. The van der Waals surface area contributed by atoms with Crippen molar-refractivity contribution in [2.75, 3.05) is 51.3 Å². The van der Waals surface area contributed by atoms with E-state index in [0.717, 1.165) is 63.2 Å². The van der Waals surface area contributed by atoms with Crippen molar-refractivity contribution in [3.63, 3.8) is 0 Å². The Labute approximate surface area is 150 Å². The molecule has 2 aliphatic rings. The van der Waals surface area contributed by atoms with Crippen LogP contribution in [-0.4, -0.2) is 78.2 Å². The van der Waals surface area contributed by atoms with Crippen molar-refractivity contribution in [3.05, 3.63) is 23.9 Å². The van der Waals surface area contributed by atoms with E-state index in [1.54, 1.807) is 6.20 Å². The molecule has 0 unspecified atom stereocenters. The first-order chi connectivity index (χ1) is 12.2. The Bertz CT molecular complexity index is 566. The van der Waals surface area contributed by atoms with Crippen LogP contribution in [-0.2, 0) is 0 Å². The Morgan fingerprint density at radius 1 is 1.24 bits per heavy atom. The molecule has 3 rings (SSSR count). The fourth-order valence-electron chi connectivity index (χ4n) is 3.94. The molecule has 1 N–H and O–H groups in total. The Morgan fingerprint density at radius 2 is 1.96 bits per heavy atom. The van der Waals surface area contributed by atoms with E-state index in [4.69, 9.17) is 5.11 Å². The third kappa shape index (κ3) is 4.30. The molecule has 2 fully saturated rings. The molecule has 0 radical (unpaired) electrons. The zero-order valence-electron chi connectivity index (χ0n) is 15.2. The van der Waals surface area contributed by atoms with E-state index in [2.05, 4.69) is 21.8 Å². The van der Waals surface area contributed by atoms with Crippen LogP contribution in [0.4, 0.5) is 5.82 Å². The standard InChI is InChI=1S/C19H30N4O2/c1-21(14-15-24)16-7-12-22(13-8-16)18-17(6-5-9-20-18)19(25)23-10-3-2-4-11-23/h5-6,9,16,24H,2-4,7-8,10-15H2,1H3. The summed E-state index contributed by atoms with van der Waals surface area (Å²) in [4.78, 5) is 24.0. The van der Waals surface area contributed by atoms with Crippen molar-refractivity contribution >= 4 is 11.7 Å². The number of rotatable bonds is 5. The van der Waals surface area contributed by atoms with Crippen molar-refractivity contribution in [2.45, 2.75) is 38.1 Å². The summed E-state index contributed by atoms with van der Waals surface area (Å²) in [6.07, 6.45) is 7.27. The molecule has 1 aromatic heterocycles. The number of likely N-dealkylation sites (tertiary alicyclic amines) is 1. The number of aromatic nitrogens is 1. The number of hydrogen-bond acceptors (Lipinski definition) is 5. The Balaban J connectivity index is 1.68. The molecule has 6 nitrogen and oxygen atoms in total. The molecule has 25 heavy (non-hydrogen) atoms. The first-order valence-electron chi connectivity index (χ1n) is 9.51. The number of carbonyl (C=O) groups is 1. The first-order valence-corrected chi connectivity index (χ1v) is 9.51. The number of amides is 1. The molecule has 0 aliphatic carbocycles. The maximum Gasteiger partial charge on any atom is 0.257 e. The fraction of sp³-hybridized carbons (Fsp3) is 0.684. The van der Waals surface area contributed by atoms with E-state index in [1.165, 1.54) is 6.42 Å². The number of aliphatic hydroxyl groups is 1. The lowest BCUT2D eigenvalue weighted by molar-refractivity contribution is 0.0724. The molecule has 0 spiro atoms. The van der Waals surface area contributed by atoms with E-state index in [9.17, 15) is 4.79 Å². The SMILES string of the molecule is CN(CCO)C1CCN(c2ncccc2C(=O)N2CCCCC2)CC1. The Kier molecular flexibility index (Phi) is 6.26. The lowest BCUT2D eigenvalue weighted by Crippen LogP contribution is -2.45. The summed E-state index contributed by atoms with van der Waals surface area (Å²) in [7, 11) is 2.07. The van der Waals surface area contributed by atoms with Gasteiger partial charge in [-0.15, -0.1) is 0 Å². The van der Waals surface area contributed by atoms with Crippen LogP contribution in [0.1, 0.15) is 42.5 Å². The molecule has 6 heteroatoms. The van der Waals surface area contributed by atoms with Crippen LogP contribution in [0.15, 0.2) is 18.3 Å². The van der Waals surface area contributed by atoms with Gasteiger partial charge in [0.25, 0.3) is 5.91 Å². The molecular weight excluding hydrogens is 316 g/mol. The number of likely N-dealkylation sites (N-methyl/N-ethyl adjacent to an activating group) is 1. The highest BCUT2D eigenvalue weighted by atomic mass is 16.3. The van der Waals surface area contributed by atoms with Gasteiger partial charge in [0.15, 0.2) is 0 Å². The maximum atomic E-state index is 12.9. The number of anilines is 1. The van der Waals surface area contributed by atoms with Crippen molar-refractivity contribution < 1.29 is 9.90 Å². The molecule has 0 bridgehead atoms. The number of piperidine rings is 2. The van der Waals surface area contributed by atoms with Gasteiger partial charge in [-0.3, -0.25) is 4.79 Å². The number of hydrogen-bond donors (Lipinski definition) is 1. The third-order valence-electron chi connectivity index (χ3n) is 5.50. The third-order valence-corrected chi connectivity index (χ3v) is 5.50. The van der Waals surface area contributed by atoms with Crippen LogP contribution in [0.5, 0.6) is 0 Å². The van der Waals surface area contributed by atoms with Gasteiger partial charge in [-0.1, -0.05) is 0 Å². The molecule has 138 valence electrons. The van der Waals surface area contributed by atoms with E-state index < -0.39 is 0 Å². The van der Waals surface area contributed by atoms with Crippen LogP contribution in [0.3, 0.4) is 0 Å². The van der Waals surface area contributed by atoms with E-state index in [1.807, 2.05) is 17.0 Å². The van der Waals surface area contributed by atoms with Gasteiger partial charge >= 0.3 is 0 Å². The smallest absolute Gasteiger partial charge is 0.257 e. The second-order valence-corrected chi connectivity index (χ2v) is 7.15. The van der Waals surface area contributed by atoms with Crippen LogP contribution in [0, 0.1) is 0 Å². The summed E-state index contributed by atoms with van der Waals surface area (Å²) in [5, 5.41) is 9.11. The summed E-state index contributed by atoms with van der Waals surface area (Å²) < 4.78 is 0. The number of pyridine rings is 1. The van der Waals surface area contributed by atoms with Gasteiger partial charge in [-0.25, -0.2) is 4.98 Å². The molecule has 2 saturated heterocycles. The van der Waals surface area contributed by atoms with Crippen LogP contribution in [0.2, 0.25) is 0 Å². The maximum absolute atomic E-state index is 12.9. The summed E-state index contributed by atoms with van der Waals surface area (Å²) >= 11 is 0. The number of carbonyl (C=O) groups excluding carboxylic acids is 1. The normalized spacial score (nSPS) is 19.5. The van der Waals surface area contributed by atoms with Crippen molar-refractivity contribution in [1.82, 2.24) is 14.8 Å². The molecule has 0 atom stereocenters. The van der Waals surface area contributed by atoms with E-state index in [-0.39, 0.29) is 12.5 Å². The zero-order chi connectivity index (χ0) is 17.6. The quantitative estimate of drug-likeness (QED) is 0.878. The topological polar surface area (TPSA) is 59.9 Å². The van der Waals surface area contributed by atoms with Gasteiger partial charge in [0.2, 0.25) is 0 Å². The van der Waals surface area contributed by atoms with Crippen LogP contribution in [0.25, 0.3) is 0 Å². The summed E-state index contributed by atoms with van der Waals surface area (Å²) in [5.74, 6) is 0.962. The number of nitrogens with zero attached hydrogens (tertiary/aromatic N) is 4. The van der Waals surface area contributed by atoms with E-state index in [0.29, 0.717) is 12.6 Å². The van der Waals surface area contributed by atoms with Gasteiger partial charge in [-0.05, 0) is 51.3 Å². The highest BCUT2D eigenvalue weighted by molar-refractivity contribution is 5.99. The van der Waals surface area contributed by atoms with E-state index >= 15 is 0 Å². The molecule has 1 amide bonds. The minimum Gasteiger partial charge on any atom is -0.395 e. The van der Waals surface area contributed by atoms with Gasteiger partial charge in [0.1, 0.15) is 5.82 Å². The summed E-state index contributed by atoms with van der Waals surface area (Å²) in [5.41, 5.74) is 0.742. The second-order valence-electron chi connectivity index (χ2n) is 7.15. The largest absolute Gasteiger partial charge is 0.395 e. The first kappa shape index (κ1) is 18.1. The lowest BCUT2D eigenvalue weighted by Gasteiger charge is -2.38. The molecule has 1 aromatic rings. The zero-order valence-corrected chi connectivity index (χ0v) is 15.2. The molecular formula is C19H30N4O2. The monoisotopic (exact) mass is 346 g/mol. The van der Waals surface area contributed by atoms with Crippen molar-refractivity contribution in [3.8, 4) is 0 Å². The molecule has 3 heterocycles. The molecule has 2 aliphatic heterocycles. The Morgan fingerprint density at radius 3 is 2.64 bits per heavy atom. The van der Waals surface area contributed by atoms with Crippen molar-refractivity contribution in [1.29, 1.82) is 0 Å². The van der Waals surface area contributed by atoms with Crippen LogP contribution < -0.4 is 4.90 Å². The lowest BCUT2D eigenvalue weighted by atomic mass is 10.0. The van der Waals surface area contributed by atoms with Crippen molar-refractivity contribution in [2.24, 2.45) is 0 Å². The van der Waals surface area contributed by atoms with Gasteiger partial charge in [0, 0.05) is 45.0 Å².